The van der Waals surface area contributed by atoms with Crippen LogP contribution in [0.3, 0.4) is 0 Å². The number of hydrogen-bond donors (Lipinski definition) is 0. The largest absolute Gasteiger partial charge is 0.408 e. The van der Waals surface area contributed by atoms with Gasteiger partial charge in [-0.2, -0.15) is 5.69 Å². The van der Waals surface area contributed by atoms with Crippen LogP contribution >= 0.6 is 0 Å². The molecule has 2 nitrogen and oxygen atoms in total. The van der Waals surface area contributed by atoms with E-state index in [1.807, 2.05) is 26.0 Å². The number of nitrogens with zero attached hydrogens (tertiary/aromatic N) is 2. The molecule has 1 atom stereocenters. The summed E-state index contributed by atoms with van der Waals surface area (Å²) < 4.78 is 0. The van der Waals surface area contributed by atoms with Crippen molar-refractivity contribution in [2.24, 2.45) is 0 Å². The Balaban J connectivity index is 0. The average molecular weight is 488 g/mol. The summed E-state index contributed by atoms with van der Waals surface area (Å²) in [5.74, 6) is 0. The molecule has 0 N–H and O–H groups in total. The Hall–Kier alpha value is 0.408. The molecule has 132 valence electrons. The van der Waals surface area contributed by atoms with Crippen LogP contribution in [0, 0.1) is 12.1 Å². The Labute approximate surface area is 205 Å². The fraction of sp³-hybridized carbons (Fsp3) is 0.429. The van der Waals surface area contributed by atoms with Crippen LogP contribution in [0.1, 0.15) is 39.3 Å². The topological polar surface area (TPSA) is 6.48 Å². The van der Waals surface area contributed by atoms with Gasteiger partial charge in [0.1, 0.15) is 0 Å². The van der Waals surface area contributed by atoms with E-state index in [9.17, 15) is 0 Å². The third kappa shape index (κ3) is 9.25. The number of rotatable bonds is 7. The molecule has 0 bridgehead atoms. The van der Waals surface area contributed by atoms with Gasteiger partial charge in [-0.1, -0.05) is 51.1 Å². The Kier molecular flexibility index (Phi) is 18.3. The molecule has 0 aromatic heterocycles. The van der Waals surface area contributed by atoms with E-state index in [4.69, 9.17) is 0 Å². The second-order valence-electron chi connectivity index (χ2n) is 5.24. The van der Waals surface area contributed by atoms with Crippen LogP contribution in [0.25, 0.3) is 0 Å². The SMILES string of the molecule is CC.CCN(C)CC(c1ccccc1)N(CC)c1[c-]c[c-]cc1.[Y].[Y]. The van der Waals surface area contributed by atoms with E-state index in [2.05, 4.69) is 79.2 Å². The zero-order chi connectivity index (χ0) is 17.1. The molecule has 0 saturated heterocycles. The van der Waals surface area contributed by atoms with Gasteiger partial charge in [0.25, 0.3) is 0 Å². The number of hydrogen-bond acceptors (Lipinski definition) is 2. The summed E-state index contributed by atoms with van der Waals surface area (Å²) in [7, 11) is 2.17. The van der Waals surface area contributed by atoms with Crippen molar-refractivity contribution in [3.05, 3.63) is 66.2 Å². The van der Waals surface area contributed by atoms with E-state index in [-0.39, 0.29) is 65.4 Å². The molecule has 0 spiro atoms. The molecular formula is C21H30N2Y2-2. The molecule has 0 heterocycles. The fourth-order valence-corrected chi connectivity index (χ4v) is 2.56. The number of benzene rings is 2. The normalized spacial score (nSPS) is 10.6. The van der Waals surface area contributed by atoms with Crippen LogP contribution in [-0.2, 0) is 65.4 Å². The minimum absolute atomic E-state index is 0. The minimum Gasteiger partial charge on any atom is -0.408 e. The molecular weight excluding hydrogens is 458 g/mol. The number of likely N-dealkylation sites (N-methyl/N-ethyl adjacent to an activating group) is 2. The maximum atomic E-state index is 3.31. The number of anilines is 1. The second kappa shape index (κ2) is 16.6. The summed E-state index contributed by atoms with van der Waals surface area (Å²) in [6.07, 6.45) is 0. The van der Waals surface area contributed by atoms with Gasteiger partial charge in [0, 0.05) is 78.5 Å². The summed E-state index contributed by atoms with van der Waals surface area (Å²) in [6, 6.07) is 23.3. The van der Waals surface area contributed by atoms with E-state index in [0.29, 0.717) is 6.04 Å². The Morgan fingerprint density at radius 3 is 2.08 bits per heavy atom. The maximum absolute atomic E-state index is 3.31. The first kappa shape index (κ1) is 27.6. The first-order valence-electron chi connectivity index (χ1n) is 8.64. The van der Waals surface area contributed by atoms with Crippen molar-refractivity contribution in [2.45, 2.75) is 33.7 Å². The predicted octanol–water partition coefficient (Wildman–Crippen LogP) is 4.83. The molecule has 0 aliphatic rings. The van der Waals surface area contributed by atoms with Crippen molar-refractivity contribution in [3.63, 3.8) is 0 Å². The summed E-state index contributed by atoms with van der Waals surface area (Å²) in [6.45, 7) is 11.4. The van der Waals surface area contributed by atoms with Crippen molar-refractivity contribution in [1.82, 2.24) is 4.90 Å². The first-order valence-corrected chi connectivity index (χ1v) is 8.64. The summed E-state index contributed by atoms with van der Waals surface area (Å²) in [4.78, 5) is 4.77. The van der Waals surface area contributed by atoms with Crippen molar-refractivity contribution >= 4 is 5.69 Å². The Morgan fingerprint density at radius 2 is 1.60 bits per heavy atom. The van der Waals surface area contributed by atoms with Crippen LogP contribution < -0.4 is 4.90 Å². The van der Waals surface area contributed by atoms with Gasteiger partial charge in [0.05, 0.1) is 6.04 Å². The zero-order valence-electron chi connectivity index (χ0n) is 16.4. The van der Waals surface area contributed by atoms with Gasteiger partial charge in [-0.15, -0.1) is 0 Å². The average Bonchev–Trinajstić information content (AvgIpc) is 2.64. The van der Waals surface area contributed by atoms with Gasteiger partial charge in [-0.25, -0.2) is 0 Å². The van der Waals surface area contributed by atoms with Crippen LogP contribution in [0.5, 0.6) is 0 Å². The molecule has 2 aromatic carbocycles. The molecule has 2 aromatic rings. The van der Waals surface area contributed by atoms with Crippen molar-refractivity contribution in [1.29, 1.82) is 0 Å². The molecule has 0 fully saturated rings. The predicted molar refractivity (Wildman–Crippen MR) is 101 cm³/mol. The van der Waals surface area contributed by atoms with Crippen LogP contribution in [0.15, 0.2) is 48.5 Å². The van der Waals surface area contributed by atoms with Gasteiger partial charge < -0.3 is 28.0 Å². The molecule has 0 aliphatic carbocycles. The summed E-state index contributed by atoms with van der Waals surface area (Å²) in [5, 5.41) is 0. The monoisotopic (exact) mass is 488 g/mol. The van der Waals surface area contributed by atoms with Crippen molar-refractivity contribution in [3.8, 4) is 0 Å². The molecule has 0 amide bonds. The van der Waals surface area contributed by atoms with Gasteiger partial charge in [-0.3, -0.25) is 12.1 Å². The first-order chi connectivity index (χ1) is 11.3. The van der Waals surface area contributed by atoms with Crippen LogP contribution in [0.4, 0.5) is 5.69 Å². The van der Waals surface area contributed by atoms with Crippen molar-refractivity contribution < 1.29 is 65.4 Å². The molecule has 0 saturated carbocycles. The molecule has 1 unspecified atom stereocenters. The smallest absolute Gasteiger partial charge is 0.0628 e. The fourth-order valence-electron chi connectivity index (χ4n) is 2.56. The maximum Gasteiger partial charge on any atom is 0.0628 e. The molecule has 0 aliphatic heterocycles. The molecule has 4 heteroatoms. The molecule has 25 heavy (non-hydrogen) atoms. The van der Waals surface area contributed by atoms with E-state index >= 15 is 0 Å². The van der Waals surface area contributed by atoms with E-state index < -0.39 is 0 Å². The van der Waals surface area contributed by atoms with Gasteiger partial charge in [0.15, 0.2) is 0 Å². The minimum atomic E-state index is 0. The summed E-state index contributed by atoms with van der Waals surface area (Å²) >= 11 is 0. The third-order valence-electron chi connectivity index (χ3n) is 3.88. The quantitative estimate of drug-likeness (QED) is 0.516. The van der Waals surface area contributed by atoms with Gasteiger partial charge in [-0.05, 0) is 26.1 Å². The Bertz CT molecular complexity index is 520. The zero-order valence-corrected chi connectivity index (χ0v) is 22.0. The molecule has 2 rings (SSSR count). The Morgan fingerprint density at radius 1 is 0.960 bits per heavy atom. The standard InChI is InChI=1S/C19H24N2.C2H6.2Y/c1-4-20(3)16-19(17-12-8-6-9-13-17)21(5-2)18-14-10-7-11-15-18;1-2;;/h6,8-14,19H,4-5,16H2,1-3H3;1-2H3;;/q-2;;;. The van der Waals surface area contributed by atoms with Crippen molar-refractivity contribution in [2.75, 3.05) is 31.6 Å². The van der Waals surface area contributed by atoms with E-state index in [0.717, 1.165) is 25.3 Å². The second-order valence-corrected chi connectivity index (χ2v) is 5.24. The van der Waals surface area contributed by atoms with Gasteiger partial charge >= 0.3 is 0 Å². The van der Waals surface area contributed by atoms with Crippen LogP contribution in [0.2, 0.25) is 0 Å². The summed E-state index contributed by atoms with van der Waals surface area (Å²) in [5.41, 5.74) is 2.48. The van der Waals surface area contributed by atoms with Gasteiger partial charge in [0.2, 0.25) is 0 Å². The molecule has 2 radical (unpaired) electrons. The van der Waals surface area contributed by atoms with E-state index in [1.54, 1.807) is 0 Å². The third-order valence-corrected chi connectivity index (χ3v) is 3.88. The van der Waals surface area contributed by atoms with E-state index in [1.165, 1.54) is 5.56 Å². The van der Waals surface area contributed by atoms with Crippen LogP contribution in [-0.4, -0.2) is 31.6 Å².